The van der Waals surface area contributed by atoms with Crippen molar-refractivity contribution in [2.75, 3.05) is 13.2 Å². The summed E-state index contributed by atoms with van der Waals surface area (Å²) in [6, 6.07) is 4.84. The summed E-state index contributed by atoms with van der Waals surface area (Å²) in [7, 11) is -3.85. The second-order valence-corrected chi connectivity index (χ2v) is 8.88. The van der Waals surface area contributed by atoms with Gasteiger partial charge in [-0.05, 0) is 44.7 Å². The Bertz CT molecular complexity index is 864. The quantitative estimate of drug-likeness (QED) is 0.667. The van der Waals surface area contributed by atoms with E-state index in [9.17, 15) is 22.8 Å². The van der Waals surface area contributed by atoms with Gasteiger partial charge in [0.1, 0.15) is 6.04 Å². The Balaban J connectivity index is 1.57. The summed E-state index contributed by atoms with van der Waals surface area (Å²) in [4.78, 5) is 35.7. The number of nitrogens with one attached hydrogen (secondary N) is 2. The van der Waals surface area contributed by atoms with Crippen molar-refractivity contribution in [2.24, 2.45) is 0 Å². The van der Waals surface area contributed by atoms with E-state index in [0.29, 0.717) is 12.8 Å². The van der Waals surface area contributed by atoms with Crippen LogP contribution in [0.1, 0.15) is 31.2 Å². The van der Waals surface area contributed by atoms with E-state index in [1.54, 1.807) is 12.1 Å². The molecule has 28 heavy (non-hydrogen) atoms. The highest BCUT2D eigenvalue weighted by molar-refractivity contribution is 7.89. The number of sulfonamides is 1. The Morgan fingerprint density at radius 3 is 2.46 bits per heavy atom. The molecule has 152 valence electrons. The fourth-order valence-electron chi connectivity index (χ4n) is 2.95. The van der Waals surface area contributed by atoms with Gasteiger partial charge in [-0.2, -0.15) is 4.31 Å². The van der Waals surface area contributed by atoms with Crippen LogP contribution in [-0.4, -0.2) is 55.9 Å². The predicted octanol–water partition coefficient (Wildman–Crippen LogP) is 0.680. The molecule has 1 aliphatic carbocycles. The number of nitrogens with zero attached hydrogens (tertiary/aromatic N) is 1. The van der Waals surface area contributed by atoms with Crippen molar-refractivity contribution in [3.05, 3.63) is 29.8 Å². The number of ether oxygens (including phenoxy) is 1. The Labute approximate surface area is 163 Å². The fraction of sp³-hybridized carbons (Fsp3) is 0.500. The number of hydrogen-bond donors (Lipinski definition) is 2. The molecule has 0 radical (unpaired) electrons. The number of imide groups is 1. The van der Waals surface area contributed by atoms with E-state index < -0.39 is 40.6 Å². The number of carbonyl (C=O) groups is 3. The smallest absolute Gasteiger partial charge is 0.324 e. The highest BCUT2D eigenvalue weighted by atomic mass is 32.2. The molecule has 2 aliphatic rings. The standard InChI is InChI=1S/C18H23N3O6S/c1-12-4-8-14(9-5-12)28(25,26)21-10-2-3-15(21)17(23)27-11-16(22)20-18(24)19-13-6-7-13/h4-5,8-9,13,15H,2-3,6-7,10-11H2,1H3,(H2,19,20,22,24)/t15-/m0/s1. The molecule has 3 rings (SSSR count). The molecule has 0 bridgehead atoms. The second-order valence-electron chi connectivity index (χ2n) is 6.99. The van der Waals surface area contributed by atoms with Crippen molar-refractivity contribution in [2.45, 2.75) is 49.6 Å². The lowest BCUT2D eigenvalue weighted by molar-refractivity contribution is -0.151. The molecular formula is C18H23N3O6S. The number of carbonyl (C=O) groups excluding carboxylic acids is 3. The largest absolute Gasteiger partial charge is 0.454 e. The van der Waals surface area contributed by atoms with Crippen LogP contribution in [0.15, 0.2) is 29.2 Å². The van der Waals surface area contributed by atoms with E-state index in [2.05, 4.69) is 10.6 Å². The monoisotopic (exact) mass is 409 g/mol. The van der Waals surface area contributed by atoms with E-state index in [0.717, 1.165) is 22.7 Å². The molecule has 2 fully saturated rings. The van der Waals surface area contributed by atoms with Gasteiger partial charge in [0, 0.05) is 12.6 Å². The Morgan fingerprint density at radius 2 is 1.82 bits per heavy atom. The van der Waals surface area contributed by atoms with E-state index in [-0.39, 0.29) is 17.5 Å². The summed E-state index contributed by atoms with van der Waals surface area (Å²) in [5, 5.41) is 4.65. The number of amides is 3. The topological polar surface area (TPSA) is 122 Å². The third kappa shape index (κ3) is 4.87. The van der Waals surface area contributed by atoms with Crippen molar-refractivity contribution in [1.29, 1.82) is 0 Å². The summed E-state index contributed by atoms with van der Waals surface area (Å²) in [5.74, 6) is -1.57. The molecule has 1 aliphatic heterocycles. The maximum atomic E-state index is 12.8. The van der Waals surface area contributed by atoms with Crippen LogP contribution in [0.25, 0.3) is 0 Å². The van der Waals surface area contributed by atoms with Gasteiger partial charge in [0.2, 0.25) is 10.0 Å². The Kier molecular flexibility index (Phi) is 5.99. The first kappa shape index (κ1) is 20.3. The lowest BCUT2D eigenvalue weighted by Crippen LogP contribution is -2.44. The van der Waals surface area contributed by atoms with Gasteiger partial charge in [-0.3, -0.25) is 14.9 Å². The van der Waals surface area contributed by atoms with Crippen LogP contribution < -0.4 is 10.6 Å². The number of hydrogen-bond acceptors (Lipinski definition) is 6. The average Bonchev–Trinajstić information content (AvgIpc) is 3.30. The van der Waals surface area contributed by atoms with Crippen molar-refractivity contribution < 1.29 is 27.5 Å². The maximum Gasteiger partial charge on any atom is 0.324 e. The lowest BCUT2D eigenvalue weighted by Gasteiger charge is -2.22. The number of esters is 1. The predicted molar refractivity (Wildman–Crippen MR) is 98.7 cm³/mol. The van der Waals surface area contributed by atoms with Crippen molar-refractivity contribution in [3.63, 3.8) is 0 Å². The molecule has 1 aromatic rings. The molecule has 0 unspecified atom stereocenters. The highest BCUT2D eigenvalue weighted by Crippen LogP contribution is 2.27. The summed E-state index contributed by atoms with van der Waals surface area (Å²) < 4.78 is 31.7. The minimum absolute atomic E-state index is 0.0920. The molecule has 0 aromatic heterocycles. The summed E-state index contributed by atoms with van der Waals surface area (Å²) in [6.07, 6.45) is 2.59. The number of rotatable bonds is 6. The average molecular weight is 409 g/mol. The van der Waals surface area contributed by atoms with Gasteiger partial charge in [0.15, 0.2) is 6.61 Å². The first-order valence-corrected chi connectivity index (χ1v) is 10.6. The van der Waals surface area contributed by atoms with Gasteiger partial charge in [-0.15, -0.1) is 0 Å². The first-order valence-electron chi connectivity index (χ1n) is 9.13. The molecule has 9 nitrogen and oxygen atoms in total. The maximum absolute atomic E-state index is 12.8. The van der Waals surface area contributed by atoms with Gasteiger partial charge in [-0.25, -0.2) is 13.2 Å². The van der Waals surface area contributed by atoms with E-state index >= 15 is 0 Å². The zero-order chi connectivity index (χ0) is 20.3. The van der Waals surface area contributed by atoms with Crippen LogP contribution in [0.5, 0.6) is 0 Å². The van der Waals surface area contributed by atoms with Gasteiger partial charge in [-0.1, -0.05) is 17.7 Å². The third-order valence-electron chi connectivity index (χ3n) is 4.61. The van der Waals surface area contributed by atoms with Crippen LogP contribution >= 0.6 is 0 Å². The first-order chi connectivity index (χ1) is 13.3. The fourth-order valence-corrected chi connectivity index (χ4v) is 4.60. The summed E-state index contributed by atoms with van der Waals surface area (Å²) in [6.45, 7) is 1.40. The van der Waals surface area contributed by atoms with Gasteiger partial charge >= 0.3 is 12.0 Å². The Hall–Kier alpha value is -2.46. The molecular weight excluding hydrogens is 386 g/mol. The molecule has 1 saturated carbocycles. The van der Waals surface area contributed by atoms with Crippen molar-refractivity contribution >= 4 is 27.9 Å². The van der Waals surface area contributed by atoms with Crippen LogP contribution in [0, 0.1) is 6.92 Å². The number of urea groups is 1. The van der Waals surface area contributed by atoms with Gasteiger partial charge < -0.3 is 10.1 Å². The van der Waals surface area contributed by atoms with Crippen LogP contribution in [-0.2, 0) is 24.3 Å². The molecule has 3 amide bonds. The highest BCUT2D eigenvalue weighted by Gasteiger charge is 2.40. The van der Waals surface area contributed by atoms with E-state index in [1.165, 1.54) is 12.1 Å². The minimum atomic E-state index is -3.85. The van der Waals surface area contributed by atoms with Crippen molar-refractivity contribution in [3.8, 4) is 0 Å². The summed E-state index contributed by atoms with van der Waals surface area (Å²) >= 11 is 0. The van der Waals surface area contributed by atoms with Gasteiger partial charge in [0.05, 0.1) is 4.90 Å². The zero-order valence-electron chi connectivity index (χ0n) is 15.5. The van der Waals surface area contributed by atoms with E-state index in [4.69, 9.17) is 4.74 Å². The normalized spacial score (nSPS) is 19.8. The second kappa shape index (κ2) is 8.27. The van der Waals surface area contributed by atoms with Crippen LogP contribution in [0.3, 0.4) is 0 Å². The molecule has 1 heterocycles. The lowest BCUT2D eigenvalue weighted by atomic mass is 10.2. The third-order valence-corrected chi connectivity index (χ3v) is 6.54. The van der Waals surface area contributed by atoms with Crippen LogP contribution in [0.4, 0.5) is 4.79 Å². The summed E-state index contributed by atoms with van der Waals surface area (Å²) in [5.41, 5.74) is 0.924. The molecule has 1 atom stereocenters. The number of aryl methyl sites for hydroxylation is 1. The molecule has 2 N–H and O–H groups in total. The molecule has 1 aromatic carbocycles. The van der Waals surface area contributed by atoms with Crippen LogP contribution in [0.2, 0.25) is 0 Å². The minimum Gasteiger partial charge on any atom is -0.454 e. The molecule has 0 spiro atoms. The van der Waals surface area contributed by atoms with Gasteiger partial charge in [0.25, 0.3) is 5.91 Å². The Morgan fingerprint density at radius 1 is 1.14 bits per heavy atom. The SMILES string of the molecule is Cc1ccc(S(=O)(=O)N2CCC[C@H]2C(=O)OCC(=O)NC(=O)NC2CC2)cc1. The zero-order valence-corrected chi connectivity index (χ0v) is 16.3. The van der Waals surface area contributed by atoms with Crippen molar-refractivity contribution in [1.82, 2.24) is 14.9 Å². The molecule has 1 saturated heterocycles. The molecule has 10 heteroatoms. The number of benzene rings is 1. The van der Waals surface area contributed by atoms with E-state index in [1.807, 2.05) is 6.92 Å².